The third-order valence-electron chi connectivity index (χ3n) is 5.39. The molecule has 1 fully saturated rings. The molecule has 152 valence electrons. The zero-order chi connectivity index (χ0) is 20.6. The van der Waals surface area contributed by atoms with Gasteiger partial charge >= 0.3 is 0 Å². The van der Waals surface area contributed by atoms with Gasteiger partial charge in [-0.1, -0.05) is 30.3 Å². The van der Waals surface area contributed by atoms with E-state index < -0.39 is 10.0 Å². The summed E-state index contributed by atoms with van der Waals surface area (Å²) in [5.74, 6) is 0.678. The molecule has 0 atom stereocenters. The molecule has 1 saturated heterocycles. The van der Waals surface area contributed by atoms with Crippen molar-refractivity contribution < 1.29 is 17.9 Å². The molecule has 2 aromatic rings. The van der Waals surface area contributed by atoms with E-state index in [1.165, 1.54) is 4.31 Å². The summed E-state index contributed by atoms with van der Waals surface area (Å²) in [6.45, 7) is 5.21. The van der Waals surface area contributed by atoms with Crippen LogP contribution in [0.4, 0.5) is 0 Å². The monoisotopic (exact) mass is 412 g/mol. The quantitative estimate of drug-likeness (QED) is 0.777. The van der Waals surface area contributed by atoms with Crippen molar-refractivity contribution in [1.82, 2.24) is 9.21 Å². The van der Waals surface area contributed by atoms with E-state index in [1.54, 1.807) is 17.9 Å². The molecule has 0 spiro atoms. The van der Waals surface area contributed by atoms with Crippen LogP contribution in [0.15, 0.2) is 52.9 Å². The summed E-state index contributed by atoms with van der Waals surface area (Å²) >= 11 is 0. The number of carbonyl (C=O) groups is 1. The number of para-hydroxylation sites is 1. The molecule has 0 N–H and O–H groups in total. The molecule has 2 aromatic carbocycles. The normalized spacial score (nSPS) is 17.3. The first-order valence-electron chi connectivity index (χ1n) is 9.65. The average Bonchev–Trinajstić information content (AvgIpc) is 2.74. The van der Waals surface area contributed by atoms with Gasteiger partial charge in [0.05, 0.1) is 10.5 Å². The van der Waals surface area contributed by atoms with Gasteiger partial charge in [-0.3, -0.25) is 4.79 Å². The van der Waals surface area contributed by atoms with Crippen molar-refractivity contribution in [3.05, 3.63) is 64.7 Å². The summed E-state index contributed by atoms with van der Waals surface area (Å²) in [5, 5.41) is 0. The summed E-state index contributed by atoms with van der Waals surface area (Å²) in [7, 11) is -3.57. The fraction of sp³-hybridized carbons (Fsp3) is 0.318. The molecule has 29 heavy (non-hydrogen) atoms. The standard InChI is InChI=1S/C22H24N2O4S/c1-16-7-8-17(2)21(13-16)29(26,27)24-11-9-23(10-12-24)22(25)19-14-18-5-3-4-6-20(18)28-15-19/h3-8,13-14H,9-12,15H2,1-2H3. The van der Waals surface area contributed by atoms with Gasteiger partial charge in [0.1, 0.15) is 12.4 Å². The summed E-state index contributed by atoms with van der Waals surface area (Å²) in [6.07, 6.45) is 1.86. The fourth-order valence-corrected chi connectivity index (χ4v) is 5.43. The second-order valence-corrected chi connectivity index (χ2v) is 9.37. The maximum Gasteiger partial charge on any atom is 0.253 e. The van der Waals surface area contributed by atoms with E-state index in [0.717, 1.165) is 22.4 Å². The Labute approximate surface area is 171 Å². The SMILES string of the molecule is Cc1ccc(C)c(S(=O)(=O)N2CCN(C(=O)C3=Cc4ccccc4OC3)CC2)c1. The van der Waals surface area contributed by atoms with Crippen LogP contribution in [0.1, 0.15) is 16.7 Å². The molecule has 0 aliphatic carbocycles. The maximum atomic E-state index is 13.1. The molecule has 1 amide bonds. The lowest BCUT2D eigenvalue weighted by molar-refractivity contribution is -0.128. The zero-order valence-corrected chi connectivity index (χ0v) is 17.4. The van der Waals surface area contributed by atoms with Gasteiger partial charge < -0.3 is 9.64 Å². The number of ether oxygens (including phenoxy) is 1. The number of rotatable bonds is 3. The highest BCUT2D eigenvalue weighted by molar-refractivity contribution is 7.89. The van der Waals surface area contributed by atoms with Crippen LogP contribution in [0.2, 0.25) is 0 Å². The van der Waals surface area contributed by atoms with E-state index in [2.05, 4.69) is 0 Å². The van der Waals surface area contributed by atoms with Gasteiger partial charge in [-0.2, -0.15) is 4.31 Å². The maximum absolute atomic E-state index is 13.1. The van der Waals surface area contributed by atoms with Crippen LogP contribution < -0.4 is 4.74 Å². The molecular formula is C22H24N2O4S. The van der Waals surface area contributed by atoms with Crippen LogP contribution in [-0.4, -0.2) is 56.3 Å². The Balaban J connectivity index is 1.46. The van der Waals surface area contributed by atoms with Gasteiger partial charge in [-0.15, -0.1) is 0 Å². The third kappa shape index (κ3) is 3.80. The number of hydrogen-bond acceptors (Lipinski definition) is 4. The summed E-state index contributed by atoms with van der Waals surface area (Å²) in [4.78, 5) is 14.9. The minimum Gasteiger partial charge on any atom is -0.488 e. The molecular weight excluding hydrogens is 388 g/mol. The number of piperazine rings is 1. The first kappa shape index (κ1) is 19.7. The molecule has 7 heteroatoms. The minimum atomic E-state index is -3.57. The predicted octanol–water partition coefficient (Wildman–Crippen LogP) is 2.61. The van der Waals surface area contributed by atoms with Crippen molar-refractivity contribution >= 4 is 22.0 Å². The Hall–Kier alpha value is -2.64. The van der Waals surface area contributed by atoms with E-state index in [-0.39, 0.29) is 25.6 Å². The van der Waals surface area contributed by atoms with E-state index in [4.69, 9.17) is 4.74 Å². The van der Waals surface area contributed by atoms with Crippen LogP contribution >= 0.6 is 0 Å². The highest BCUT2D eigenvalue weighted by atomic mass is 32.2. The lowest BCUT2D eigenvalue weighted by Crippen LogP contribution is -2.51. The average molecular weight is 413 g/mol. The van der Waals surface area contributed by atoms with Crippen LogP contribution in [-0.2, 0) is 14.8 Å². The Bertz CT molecular complexity index is 1080. The van der Waals surface area contributed by atoms with Gasteiger partial charge in [0.15, 0.2) is 0 Å². The third-order valence-corrected chi connectivity index (χ3v) is 7.43. The largest absolute Gasteiger partial charge is 0.488 e. The number of sulfonamides is 1. The lowest BCUT2D eigenvalue weighted by Gasteiger charge is -2.35. The van der Waals surface area contributed by atoms with Crippen LogP contribution in [0.5, 0.6) is 5.75 Å². The van der Waals surface area contributed by atoms with Crippen LogP contribution in [0, 0.1) is 13.8 Å². The van der Waals surface area contributed by atoms with E-state index in [0.29, 0.717) is 23.6 Å². The number of carbonyl (C=O) groups excluding carboxylic acids is 1. The lowest BCUT2D eigenvalue weighted by atomic mass is 10.1. The Morgan fingerprint density at radius 1 is 1.00 bits per heavy atom. The molecule has 0 aromatic heterocycles. The highest BCUT2D eigenvalue weighted by Crippen LogP contribution is 2.27. The van der Waals surface area contributed by atoms with E-state index >= 15 is 0 Å². The smallest absolute Gasteiger partial charge is 0.253 e. The Morgan fingerprint density at radius 2 is 1.72 bits per heavy atom. The Morgan fingerprint density at radius 3 is 2.48 bits per heavy atom. The molecule has 4 rings (SSSR count). The van der Waals surface area contributed by atoms with Crippen molar-refractivity contribution in [2.75, 3.05) is 32.8 Å². The molecule has 2 aliphatic heterocycles. The second kappa shape index (κ2) is 7.65. The van der Waals surface area contributed by atoms with Crippen molar-refractivity contribution in [2.24, 2.45) is 0 Å². The van der Waals surface area contributed by atoms with Crippen molar-refractivity contribution in [2.45, 2.75) is 18.7 Å². The van der Waals surface area contributed by atoms with E-state index in [9.17, 15) is 13.2 Å². The van der Waals surface area contributed by atoms with Gasteiger partial charge in [0, 0.05) is 31.7 Å². The molecule has 6 nitrogen and oxygen atoms in total. The zero-order valence-electron chi connectivity index (χ0n) is 16.6. The van der Waals surface area contributed by atoms with Gasteiger partial charge in [-0.05, 0) is 43.2 Å². The van der Waals surface area contributed by atoms with Gasteiger partial charge in [0.2, 0.25) is 10.0 Å². The summed E-state index contributed by atoms with van der Waals surface area (Å²) in [6, 6.07) is 13.0. The number of amides is 1. The van der Waals surface area contributed by atoms with Gasteiger partial charge in [0.25, 0.3) is 5.91 Å². The molecule has 0 bridgehead atoms. The highest BCUT2D eigenvalue weighted by Gasteiger charge is 2.32. The summed E-state index contributed by atoms with van der Waals surface area (Å²) < 4.78 is 33.3. The predicted molar refractivity (Wildman–Crippen MR) is 111 cm³/mol. The number of nitrogens with zero attached hydrogens (tertiary/aromatic N) is 2. The fourth-order valence-electron chi connectivity index (χ4n) is 3.70. The minimum absolute atomic E-state index is 0.0942. The van der Waals surface area contributed by atoms with E-state index in [1.807, 2.05) is 49.4 Å². The first-order valence-corrected chi connectivity index (χ1v) is 11.1. The number of benzene rings is 2. The number of fused-ring (bicyclic) bond motifs is 1. The van der Waals surface area contributed by atoms with Crippen molar-refractivity contribution in [3.8, 4) is 5.75 Å². The topological polar surface area (TPSA) is 66.9 Å². The first-order chi connectivity index (χ1) is 13.9. The van der Waals surface area contributed by atoms with Gasteiger partial charge in [-0.25, -0.2) is 8.42 Å². The second-order valence-electron chi connectivity index (χ2n) is 7.46. The molecule has 0 saturated carbocycles. The van der Waals surface area contributed by atoms with Crippen molar-refractivity contribution in [3.63, 3.8) is 0 Å². The summed E-state index contributed by atoms with van der Waals surface area (Å²) in [5.41, 5.74) is 3.12. The van der Waals surface area contributed by atoms with Crippen molar-refractivity contribution in [1.29, 1.82) is 0 Å². The number of hydrogen-bond donors (Lipinski definition) is 0. The molecule has 2 heterocycles. The van der Waals surface area contributed by atoms with Crippen LogP contribution in [0.3, 0.4) is 0 Å². The van der Waals surface area contributed by atoms with Crippen LogP contribution in [0.25, 0.3) is 6.08 Å². The molecule has 2 aliphatic rings. The molecule has 0 radical (unpaired) electrons. The molecule has 0 unspecified atom stereocenters. The number of aryl methyl sites for hydroxylation is 2. The Kier molecular flexibility index (Phi) is 5.19.